The minimum atomic E-state index is -4.53. The second-order valence-corrected chi connectivity index (χ2v) is 11.5. The molecule has 4 aromatic rings. The highest BCUT2D eigenvalue weighted by Gasteiger charge is 2.41. The number of alkyl halides is 3. The SMILES string of the molecule is COC(=O)c1ccc(-c2ccc(OC)c(-c3ccc(Cl)cc3CN3C(=O)O[C@H](c4cc(C)cc(C(F)(F)F)c4)[C@@H]3C)c2)c(C)c1. The van der Waals surface area contributed by atoms with Crippen LogP contribution in [-0.4, -0.2) is 37.2 Å². The number of ether oxygens (including phenoxy) is 3. The van der Waals surface area contributed by atoms with E-state index in [0.717, 1.165) is 39.9 Å². The van der Waals surface area contributed by atoms with Crippen molar-refractivity contribution in [3.63, 3.8) is 0 Å². The van der Waals surface area contributed by atoms with Crippen molar-refractivity contribution in [1.29, 1.82) is 0 Å². The molecular formula is C35H31ClF3NO5. The highest BCUT2D eigenvalue weighted by Crippen LogP contribution is 2.41. The van der Waals surface area contributed by atoms with Gasteiger partial charge in [-0.05, 0) is 103 Å². The largest absolute Gasteiger partial charge is 0.496 e. The molecular weight excluding hydrogens is 607 g/mol. The average molecular weight is 638 g/mol. The van der Waals surface area contributed by atoms with Crippen LogP contribution in [0.5, 0.6) is 5.75 Å². The number of carbonyl (C=O) groups excluding carboxylic acids is 2. The average Bonchev–Trinajstić information content (AvgIpc) is 3.28. The van der Waals surface area contributed by atoms with Crippen LogP contribution in [-0.2, 0) is 22.2 Å². The predicted octanol–water partition coefficient (Wildman–Crippen LogP) is 9.19. The lowest BCUT2D eigenvalue weighted by Crippen LogP contribution is -2.31. The topological polar surface area (TPSA) is 65.1 Å². The van der Waals surface area contributed by atoms with Gasteiger partial charge >= 0.3 is 18.2 Å². The van der Waals surface area contributed by atoms with Crippen LogP contribution in [0.15, 0.2) is 72.8 Å². The minimum absolute atomic E-state index is 0.0879. The molecule has 1 amide bonds. The number of halogens is 4. The third-order valence-corrected chi connectivity index (χ3v) is 8.24. The molecule has 0 bridgehead atoms. The van der Waals surface area contributed by atoms with Crippen LogP contribution >= 0.6 is 11.6 Å². The van der Waals surface area contributed by atoms with Crippen molar-refractivity contribution in [2.75, 3.05) is 14.2 Å². The summed E-state index contributed by atoms with van der Waals surface area (Å²) in [5.41, 5.74) is 5.17. The van der Waals surface area contributed by atoms with E-state index >= 15 is 0 Å². The van der Waals surface area contributed by atoms with Gasteiger partial charge in [0.1, 0.15) is 11.9 Å². The van der Waals surface area contributed by atoms with Gasteiger partial charge in [0.05, 0.1) is 37.9 Å². The Morgan fingerprint density at radius 1 is 0.933 bits per heavy atom. The smallest absolute Gasteiger partial charge is 0.416 e. The van der Waals surface area contributed by atoms with Gasteiger partial charge in [-0.3, -0.25) is 4.90 Å². The summed E-state index contributed by atoms with van der Waals surface area (Å²) < 4.78 is 56.8. The van der Waals surface area contributed by atoms with Crippen LogP contribution in [0.1, 0.15) is 51.2 Å². The molecule has 1 saturated heterocycles. The highest BCUT2D eigenvalue weighted by molar-refractivity contribution is 6.30. The van der Waals surface area contributed by atoms with Crippen LogP contribution in [0.25, 0.3) is 22.3 Å². The van der Waals surface area contributed by atoms with E-state index < -0.39 is 35.9 Å². The molecule has 0 spiro atoms. The molecule has 1 fully saturated rings. The predicted molar refractivity (Wildman–Crippen MR) is 165 cm³/mol. The Balaban J connectivity index is 1.51. The Labute approximate surface area is 264 Å². The van der Waals surface area contributed by atoms with Gasteiger partial charge in [-0.1, -0.05) is 41.4 Å². The summed E-state index contributed by atoms with van der Waals surface area (Å²) in [6.45, 7) is 5.32. The zero-order valence-corrected chi connectivity index (χ0v) is 26.0. The van der Waals surface area contributed by atoms with E-state index in [1.807, 2.05) is 37.3 Å². The van der Waals surface area contributed by atoms with Gasteiger partial charge in [0.25, 0.3) is 0 Å². The maximum Gasteiger partial charge on any atom is 0.416 e. The van der Waals surface area contributed by atoms with Crippen molar-refractivity contribution < 1.29 is 37.0 Å². The number of amides is 1. The van der Waals surface area contributed by atoms with Gasteiger partial charge in [-0.15, -0.1) is 0 Å². The Bertz CT molecular complexity index is 1790. The Hall–Kier alpha value is -4.50. The van der Waals surface area contributed by atoms with Gasteiger partial charge in [-0.2, -0.15) is 13.2 Å². The lowest BCUT2D eigenvalue weighted by molar-refractivity contribution is -0.137. The maximum atomic E-state index is 13.5. The first-order chi connectivity index (χ1) is 21.3. The molecule has 1 heterocycles. The molecule has 0 aliphatic carbocycles. The van der Waals surface area contributed by atoms with Crippen molar-refractivity contribution in [2.45, 2.75) is 45.6 Å². The number of benzene rings is 4. The number of hydrogen-bond acceptors (Lipinski definition) is 5. The fourth-order valence-corrected chi connectivity index (χ4v) is 5.95. The summed E-state index contributed by atoms with van der Waals surface area (Å²) in [6.07, 6.45) is -6.07. The molecule has 1 aliphatic heterocycles. The lowest BCUT2D eigenvalue weighted by atomic mass is 9.92. The summed E-state index contributed by atoms with van der Waals surface area (Å²) in [5, 5.41) is 0.448. The molecule has 45 heavy (non-hydrogen) atoms. The summed E-state index contributed by atoms with van der Waals surface area (Å²) in [7, 11) is 2.89. The van der Waals surface area contributed by atoms with Gasteiger partial charge in [-0.25, -0.2) is 9.59 Å². The van der Waals surface area contributed by atoms with Gasteiger partial charge in [0.2, 0.25) is 0 Å². The molecule has 0 aromatic heterocycles. The van der Waals surface area contributed by atoms with Crippen LogP contribution in [0.4, 0.5) is 18.0 Å². The van der Waals surface area contributed by atoms with E-state index in [1.54, 1.807) is 51.3 Å². The van der Waals surface area contributed by atoms with Crippen molar-refractivity contribution in [2.24, 2.45) is 0 Å². The summed E-state index contributed by atoms with van der Waals surface area (Å²) in [5.74, 6) is 0.159. The van der Waals surface area contributed by atoms with Gasteiger partial charge < -0.3 is 14.2 Å². The van der Waals surface area contributed by atoms with Crippen molar-refractivity contribution >= 4 is 23.7 Å². The third kappa shape index (κ3) is 6.49. The Morgan fingerprint density at radius 3 is 2.33 bits per heavy atom. The summed E-state index contributed by atoms with van der Waals surface area (Å²) in [4.78, 5) is 26.7. The summed E-state index contributed by atoms with van der Waals surface area (Å²) >= 11 is 6.43. The monoisotopic (exact) mass is 637 g/mol. The first-order valence-electron chi connectivity index (χ1n) is 14.1. The van der Waals surface area contributed by atoms with E-state index in [4.69, 9.17) is 25.8 Å². The summed E-state index contributed by atoms with van der Waals surface area (Å²) in [6, 6.07) is 19.5. The number of nitrogens with zero attached hydrogens (tertiary/aromatic N) is 1. The zero-order valence-electron chi connectivity index (χ0n) is 25.3. The molecule has 10 heteroatoms. The Kier molecular flexibility index (Phi) is 8.85. The second kappa shape index (κ2) is 12.5. The van der Waals surface area contributed by atoms with Crippen molar-refractivity contribution in [3.8, 4) is 28.0 Å². The number of esters is 1. The first-order valence-corrected chi connectivity index (χ1v) is 14.5. The van der Waals surface area contributed by atoms with E-state index in [0.29, 0.717) is 27.5 Å². The zero-order chi connectivity index (χ0) is 32.6. The number of cyclic esters (lactones) is 1. The molecule has 1 aliphatic rings. The molecule has 6 nitrogen and oxygen atoms in total. The number of hydrogen-bond donors (Lipinski definition) is 0. The molecule has 0 N–H and O–H groups in total. The highest BCUT2D eigenvalue weighted by atomic mass is 35.5. The number of rotatable bonds is 7. The van der Waals surface area contributed by atoms with E-state index in [1.165, 1.54) is 12.0 Å². The molecule has 234 valence electrons. The number of carbonyl (C=O) groups is 2. The lowest BCUT2D eigenvalue weighted by Gasteiger charge is -2.24. The normalized spacial score (nSPS) is 16.5. The maximum absolute atomic E-state index is 13.5. The standard InChI is InChI=1S/C35H31ClF3NO5/c1-19-12-24(15-26(13-19)35(37,38)39)32-21(3)40(34(42)45-32)18-25-16-27(36)8-10-29(25)30-17-22(7-11-31(30)43-4)28-9-6-23(14-20(28)2)33(41)44-5/h6-17,21,32H,18H2,1-5H3/t21-,32-/m0/s1. The molecule has 0 saturated carbocycles. The van der Waals surface area contributed by atoms with Crippen LogP contribution in [0.2, 0.25) is 5.02 Å². The van der Waals surface area contributed by atoms with E-state index in [9.17, 15) is 22.8 Å². The number of aryl methyl sites for hydroxylation is 2. The van der Waals surface area contributed by atoms with Crippen molar-refractivity contribution in [1.82, 2.24) is 4.90 Å². The van der Waals surface area contributed by atoms with Gasteiger partial charge in [0.15, 0.2) is 0 Å². The molecule has 4 aromatic carbocycles. The molecule has 5 rings (SSSR count). The third-order valence-electron chi connectivity index (χ3n) is 8.00. The fraction of sp³-hybridized carbons (Fsp3) is 0.257. The second-order valence-electron chi connectivity index (χ2n) is 11.0. The van der Waals surface area contributed by atoms with Gasteiger partial charge in [0, 0.05) is 10.6 Å². The number of methoxy groups -OCH3 is 2. The minimum Gasteiger partial charge on any atom is -0.496 e. The molecule has 0 unspecified atom stereocenters. The molecule has 2 atom stereocenters. The first kappa shape index (κ1) is 31.9. The van der Waals surface area contributed by atoms with Crippen molar-refractivity contribution in [3.05, 3.63) is 111 Å². The fourth-order valence-electron chi connectivity index (χ4n) is 5.76. The van der Waals surface area contributed by atoms with Crippen LogP contribution in [0, 0.1) is 13.8 Å². The Morgan fingerprint density at radius 2 is 1.67 bits per heavy atom. The van der Waals surface area contributed by atoms with E-state index in [-0.39, 0.29) is 12.1 Å². The van der Waals surface area contributed by atoms with E-state index in [2.05, 4.69) is 0 Å². The van der Waals surface area contributed by atoms with Crippen LogP contribution in [0.3, 0.4) is 0 Å². The quantitative estimate of drug-likeness (QED) is 0.189. The molecule has 0 radical (unpaired) electrons. The van der Waals surface area contributed by atoms with Crippen LogP contribution < -0.4 is 4.74 Å².